The lowest BCUT2D eigenvalue weighted by molar-refractivity contribution is -0.386. The van der Waals surface area contributed by atoms with Crippen LogP contribution >= 0.6 is 0 Å². The van der Waals surface area contributed by atoms with E-state index in [0.29, 0.717) is 23.7 Å². The van der Waals surface area contributed by atoms with Crippen molar-refractivity contribution in [2.45, 2.75) is 91.1 Å². The summed E-state index contributed by atoms with van der Waals surface area (Å²) in [7, 11) is 0. The molecule has 0 saturated heterocycles. The van der Waals surface area contributed by atoms with Crippen molar-refractivity contribution in [2.24, 2.45) is 23.2 Å². The van der Waals surface area contributed by atoms with Crippen LogP contribution in [0.3, 0.4) is 0 Å². The van der Waals surface area contributed by atoms with Crippen molar-refractivity contribution in [1.82, 2.24) is 4.90 Å². The summed E-state index contributed by atoms with van der Waals surface area (Å²) >= 11 is 0. The Morgan fingerprint density at radius 3 is 2.45 bits per heavy atom. The highest BCUT2D eigenvalue weighted by Crippen LogP contribution is 2.63. The van der Waals surface area contributed by atoms with Gasteiger partial charge in [-0.15, -0.1) is 0 Å². The number of nitro benzene ring substituents is 1. The average Bonchev–Trinajstić information content (AvgIpc) is 3.03. The highest BCUT2D eigenvalue weighted by atomic mass is 16.6. The van der Waals surface area contributed by atoms with Crippen LogP contribution in [0, 0.1) is 33.3 Å². The number of benzene rings is 1. The van der Waals surface area contributed by atoms with E-state index < -0.39 is 4.92 Å². The number of aromatic hydroxyl groups is 1. The molecule has 1 aromatic carbocycles. The van der Waals surface area contributed by atoms with Crippen LogP contribution in [-0.4, -0.2) is 32.9 Å². The predicted octanol–water partition coefficient (Wildman–Crippen LogP) is 5.42. The molecular weight excluding hydrogens is 392 g/mol. The van der Waals surface area contributed by atoms with E-state index in [1.807, 2.05) is 0 Å². The Bertz CT molecular complexity index is 888. The highest BCUT2D eigenvalue weighted by molar-refractivity contribution is 5.80. The van der Waals surface area contributed by atoms with Crippen molar-refractivity contribution in [3.8, 4) is 5.75 Å². The second-order valence-electron chi connectivity index (χ2n) is 10.8. The molecule has 2 fully saturated rings. The number of amides is 1. The number of phenolic OH excluding ortho intramolecular Hbond substituents is 1. The predicted molar refractivity (Wildman–Crippen MR) is 120 cm³/mol. The molecule has 0 radical (unpaired) electrons. The smallest absolute Gasteiger partial charge is 0.310 e. The first kappa shape index (κ1) is 22.1. The van der Waals surface area contributed by atoms with Gasteiger partial charge in [-0.2, -0.15) is 0 Å². The van der Waals surface area contributed by atoms with E-state index in [0.717, 1.165) is 49.7 Å². The SMILES string of the molecule is CC(C)N(C(=O)[C@H]1CC[C@H]2[C@@H]3CCc4cc(O)c([N+](=O)[O-])cc4[C@H]3CC[C@]12C)C(C)C. The van der Waals surface area contributed by atoms with Gasteiger partial charge in [0.2, 0.25) is 5.91 Å². The lowest BCUT2D eigenvalue weighted by atomic mass is 9.54. The van der Waals surface area contributed by atoms with Crippen molar-refractivity contribution >= 4 is 11.6 Å². The number of aryl methyl sites for hydroxylation is 1. The molecule has 6 heteroatoms. The molecule has 4 rings (SSSR count). The number of nitro groups is 1. The van der Waals surface area contributed by atoms with Gasteiger partial charge in [0.25, 0.3) is 0 Å². The largest absolute Gasteiger partial charge is 0.502 e. The van der Waals surface area contributed by atoms with E-state index in [9.17, 15) is 20.0 Å². The maximum Gasteiger partial charge on any atom is 0.310 e. The van der Waals surface area contributed by atoms with Gasteiger partial charge in [0, 0.05) is 24.1 Å². The van der Waals surface area contributed by atoms with Gasteiger partial charge in [-0.25, -0.2) is 0 Å². The Kier molecular flexibility index (Phi) is 5.55. The zero-order valence-corrected chi connectivity index (χ0v) is 19.4. The van der Waals surface area contributed by atoms with E-state index in [4.69, 9.17) is 0 Å². The van der Waals surface area contributed by atoms with Gasteiger partial charge in [-0.3, -0.25) is 14.9 Å². The van der Waals surface area contributed by atoms with Gasteiger partial charge >= 0.3 is 5.69 Å². The molecule has 3 aliphatic rings. The molecule has 0 heterocycles. The summed E-state index contributed by atoms with van der Waals surface area (Å²) < 4.78 is 0. The van der Waals surface area contributed by atoms with Crippen molar-refractivity contribution in [1.29, 1.82) is 0 Å². The van der Waals surface area contributed by atoms with Crippen molar-refractivity contribution in [2.75, 3.05) is 0 Å². The van der Waals surface area contributed by atoms with Gasteiger partial charge in [-0.1, -0.05) is 6.92 Å². The lowest BCUT2D eigenvalue weighted by Crippen LogP contribution is -2.50. The molecule has 0 aromatic heterocycles. The molecule has 0 spiro atoms. The maximum atomic E-state index is 13.6. The molecule has 2 saturated carbocycles. The van der Waals surface area contributed by atoms with Gasteiger partial charge in [-0.05, 0) is 107 Å². The molecule has 170 valence electrons. The van der Waals surface area contributed by atoms with Crippen LogP contribution in [0.2, 0.25) is 0 Å². The number of carbonyl (C=O) groups is 1. The van der Waals surface area contributed by atoms with Crippen molar-refractivity contribution < 1.29 is 14.8 Å². The Morgan fingerprint density at radius 1 is 1.16 bits per heavy atom. The highest BCUT2D eigenvalue weighted by Gasteiger charge is 2.57. The van der Waals surface area contributed by atoms with E-state index >= 15 is 0 Å². The Labute approximate surface area is 185 Å². The molecular formula is C25H36N2O4. The number of carbonyl (C=O) groups excluding carboxylic acids is 1. The lowest BCUT2D eigenvalue weighted by Gasteiger charge is -2.51. The van der Waals surface area contributed by atoms with Gasteiger partial charge in [0.05, 0.1) is 4.92 Å². The fraction of sp³-hybridized carbons (Fsp3) is 0.720. The van der Waals surface area contributed by atoms with E-state index in [2.05, 4.69) is 39.5 Å². The topological polar surface area (TPSA) is 83.7 Å². The molecule has 31 heavy (non-hydrogen) atoms. The first-order valence-corrected chi connectivity index (χ1v) is 11.9. The third-order valence-corrected chi connectivity index (χ3v) is 8.68. The van der Waals surface area contributed by atoms with Gasteiger partial charge in [0.1, 0.15) is 0 Å². The zero-order chi connectivity index (χ0) is 22.7. The third-order valence-electron chi connectivity index (χ3n) is 8.68. The van der Waals surface area contributed by atoms with Gasteiger partial charge in [0.15, 0.2) is 5.75 Å². The Balaban J connectivity index is 1.64. The Morgan fingerprint density at radius 2 is 1.84 bits per heavy atom. The molecule has 3 aliphatic carbocycles. The normalized spacial score (nSPS) is 31.8. The van der Waals surface area contributed by atoms with E-state index in [-0.39, 0.29) is 34.9 Å². The first-order valence-electron chi connectivity index (χ1n) is 11.9. The summed E-state index contributed by atoms with van der Waals surface area (Å²) in [5, 5.41) is 21.5. The fourth-order valence-electron chi connectivity index (χ4n) is 7.43. The Hall–Kier alpha value is -2.11. The summed E-state index contributed by atoms with van der Waals surface area (Å²) in [6, 6.07) is 3.63. The monoisotopic (exact) mass is 428 g/mol. The number of hydrogen-bond acceptors (Lipinski definition) is 4. The second-order valence-corrected chi connectivity index (χ2v) is 10.8. The molecule has 1 N–H and O–H groups in total. The molecule has 0 aliphatic heterocycles. The van der Waals surface area contributed by atoms with Crippen molar-refractivity contribution in [3.63, 3.8) is 0 Å². The summed E-state index contributed by atoms with van der Waals surface area (Å²) in [6.07, 6.45) is 5.83. The molecule has 1 aromatic rings. The van der Waals surface area contributed by atoms with E-state index in [1.54, 1.807) is 12.1 Å². The summed E-state index contributed by atoms with van der Waals surface area (Å²) in [4.78, 5) is 26.6. The van der Waals surface area contributed by atoms with Gasteiger partial charge < -0.3 is 10.0 Å². The van der Waals surface area contributed by atoms with Crippen molar-refractivity contribution in [3.05, 3.63) is 33.4 Å². The summed E-state index contributed by atoms with van der Waals surface area (Å²) in [6.45, 7) is 10.7. The molecule has 1 amide bonds. The van der Waals surface area contributed by atoms with Crippen LogP contribution in [0.4, 0.5) is 5.69 Å². The first-order chi connectivity index (χ1) is 14.6. The minimum Gasteiger partial charge on any atom is -0.502 e. The van der Waals surface area contributed by atoms with Crippen LogP contribution in [0.25, 0.3) is 0 Å². The maximum absolute atomic E-state index is 13.6. The minimum atomic E-state index is -0.483. The number of rotatable bonds is 4. The van der Waals surface area contributed by atoms with Crippen LogP contribution in [0.1, 0.15) is 83.8 Å². The molecule has 0 bridgehead atoms. The quantitative estimate of drug-likeness (QED) is 0.513. The number of hydrogen-bond donors (Lipinski definition) is 1. The average molecular weight is 429 g/mol. The number of fused-ring (bicyclic) bond motifs is 5. The van der Waals surface area contributed by atoms with Crippen LogP contribution in [-0.2, 0) is 11.2 Å². The molecule has 6 nitrogen and oxygen atoms in total. The number of nitrogens with zero attached hydrogens (tertiary/aromatic N) is 2. The number of phenols is 1. The van der Waals surface area contributed by atoms with Crippen LogP contribution in [0.15, 0.2) is 12.1 Å². The minimum absolute atomic E-state index is 0.000631. The molecule has 0 unspecified atom stereocenters. The standard InChI is InChI=1S/C25H36N2O4/c1-14(2)26(15(3)4)24(29)21-9-8-20-18-7-6-16-12-23(28)22(27(30)31)13-19(16)17(18)10-11-25(20,21)5/h12-15,17-18,20-21,28H,6-11H2,1-5H3/t17-,18+,20-,21+,25-/m0/s1. The zero-order valence-electron chi connectivity index (χ0n) is 19.4. The fourth-order valence-corrected chi connectivity index (χ4v) is 7.43. The molecule has 5 atom stereocenters. The van der Waals surface area contributed by atoms with Crippen LogP contribution in [0.5, 0.6) is 5.75 Å². The summed E-state index contributed by atoms with van der Waals surface area (Å²) in [5.74, 6) is 1.38. The van der Waals surface area contributed by atoms with E-state index in [1.165, 1.54) is 0 Å². The van der Waals surface area contributed by atoms with Crippen LogP contribution < -0.4 is 0 Å². The summed E-state index contributed by atoms with van der Waals surface area (Å²) in [5.41, 5.74) is 1.94. The second kappa shape index (κ2) is 7.79. The third kappa shape index (κ3) is 3.42.